The van der Waals surface area contributed by atoms with E-state index in [0.717, 1.165) is 0 Å². The first-order valence-electron chi connectivity index (χ1n) is 7.12. The van der Waals surface area contributed by atoms with Crippen LogP contribution in [0.3, 0.4) is 0 Å². The number of hydrogen-bond acceptors (Lipinski definition) is 4. The minimum absolute atomic E-state index is 0.434. The minimum Gasteiger partial charge on any atom is -0.328 e. The SMILES string of the molecule is CN1CCC(c2csc(C3CCC(N)CC3)n2)C1. The van der Waals surface area contributed by atoms with Crippen LogP contribution in [0, 0.1) is 0 Å². The van der Waals surface area contributed by atoms with Gasteiger partial charge in [0.1, 0.15) is 0 Å². The van der Waals surface area contributed by atoms with E-state index in [0.29, 0.717) is 17.9 Å². The van der Waals surface area contributed by atoms with Gasteiger partial charge in [-0.25, -0.2) is 4.98 Å². The summed E-state index contributed by atoms with van der Waals surface area (Å²) >= 11 is 1.87. The Balaban J connectivity index is 1.66. The van der Waals surface area contributed by atoms with Crippen LogP contribution < -0.4 is 5.73 Å². The van der Waals surface area contributed by atoms with Crippen molar-refractivity contribution in [3.05, 3.63) is 16.1 Å². The van der Waals surface area contributed by atoms with E-state index < -0.39 is 0 Å². The molecule has 3 nitrogen and oxygen atoms in total. The molecule has 2 fully saturated rings. The van der Waals surface area contributed by atoms with Crippen molar-refractivity contribution in [3.8, 4) is 0 Å². The topological polar surface area (TPSA) is 42.1 Å². The van der Waals surface area contributed by atoms with Crippen molar-refractivity contribution in [2.24, 2.45) is 5.73 Å². The first-order valence-corrected chi connectivity index (χ1v) is 8.00. The third-order valence-corrected chi connectivity index (χ3v) is 5.50. The smallest absolute Gasteiger partial charge is 0.0959 e. The van der Waals surface area contributed by atoms with Crippen molar-refractivity contribution in [2.75, 3.05) is 20.1 Å². The summed E-state index contributed by atoms with van der Waals surface area (Å²) < 4.78 is 0. The Labute approximate surface area is 113 Å². The molecule has 3 rings (SSSR count). The first-order chi connectivity index (χ1) is 8.72. The number of likely N-dealkylation sites (N-methyl/N-ethyl adjacent to an activating group) is 1. The molecule has 0 bridgehead atoms. The molecule has 1 atom stereocenters. The molecule has 0 aromatic carbocycles. The first kappa shape index (κ1) is 12.6. The molecule has 1 aliphatic carbocycles. The van der Waals surface area contributed by atoms with Crippen molar-refractivity contribution in [2.45, 2.75) is 50.0 Å². The maximum absolute atomic E-state index is 5.97. The van der Waals surface area contributed by atoms with Gasteiger partial charge in [0.2, 0.25) is 0 Å². The molecule has 18 heavy (non-hydrogen) atoms. The van der Waals surface area contributed by atoms with Gasteiger partial charge in [-0.2, -0.15) is 0 Å². The highest BCUT2D eigenvalue weighted by molar-refractivity contribution is 7.09. The highest BCUT2D eigenvalue weighted by Gasteiger charge is 2.26. The van der Waals surface area contributed by atoms with Gasteiger partial charge in [0.25, 0.3) is 0 Å². The molecule has 2 N–H and O–H groups in total. The molecule has 0 amide bonds. The van der Waals surface area contributed by atoms with E-state index in [1.807, 2.05) is 11.3 Å². The Kier molecular flexibility index (Phi) is 3.68. The average molecular weight is 265 g/mol. The summed E-state index contributed by atoms with van der Waals surface area (Å²) in [4.78, 5) is 7.33. The number of rotatable bonds is 2. The summed E-state index contributed by atoms with van der Waals surface area (Å²) in [5.74, 6) is 1.36. The van der Waals surface area contributed by atoms with Crippen LogP contribution in [-0.2, 0) is 0 Å². The normalized spacial score (nSPS) is 34.0. The highest BCUT2D eigenvalue weighted by atomic mass is 32.1. The van der Waals surface area contributed by atoms with E-state index >= 15 is 0 Å². The number of likely N-dealkylation sites (tertiary alicyclic amines) is 1. The lowest BCUT2D eigenvalue weighted by Gasteiger charge is -2.24. The largest absolute Gasteiger partial charge is 0.328 e. The van der Waals surface area contributed by atoms with Gasteiger partial charge in [-0.05, 0) is 45.7 Å². The highest BCUT2D eigenvalue weighted by Crippen LogP contribution is 2.36. The van der Waals surface area contributed by atoms with Gasteiger partial charge >= 0.3 is 0 Å². The molecule has 100 valence electrons. The van der Waals surface area contributed by atoms with Gasteiger partial charge in [-0.1, -0.05) is 0 Å². The predicted molar refractivity (Wildman–Crippen MR) is 76.2 cm³/mol. The van der Waals surface area contributed by atoms with Crippen LogP contribution in [0.4, 0.5) is 0 Å². The third-order valence-electron chi connectivity index (χ3n) is 4.47. The maximum atomic E-state index is 5.97. The van der Waals surface area contributed by atoms with Gasteiger partial charge in [0.05, 0.1) is 10.7 Å². The summed E-state index contributed by atoms with van der Waals surface area (Å²) in [6.07, 6.45) is 6.09. The van der Waals surface area contributed by atoms with Crippen LogP contribution in [-0.4, -0.2) is 36.1 Å². The van der Waals surface area contributed by atoms with Crippen LogP contribution in [0.1, 0.15) is 54.6 Å². The van der Waals surface area contributed by atoms with Crippen LogP contribution in [0.5, 0.6) is 0 Å². The van der Waals surface area contributed by atoms with Crippen LogP contribution in [0.15, 0.2) is 5.38 Å². The Bertz CT molecular complexity index is 395. The Hall–Kier alpha value is -0.450. The summed E-state index contributed by atoms with van der Waals surface area (Å²) in [7, 11) is 2.20. The second-order valence-corrected chi connectivity index (χ2v) is 6.86. The summed E-state index contributed by atoms with van der Waals surface area (Å²) in [5.41, 5.74) is 7.31. The summed E-state index contributed by atoms with van der Waals surface area (Å²) in [6, 6.07) is 0.434. The molecular weight excluding hydrogens is 242 g/mol. The van der Waals surface area contributed by atoms with Gasteiger partial charge < -0.3 is 10.6 Å². The quantitative estimate of drug-likeness (QED) is 0.893. The molecular formula is C14H23N3S. The second-order valence-electron chi connectivity index (χ2n) is 5.97. The van der Waals surface area contributed by atoms with Crippen molar-refractivity contribution in [1.82, 2.24) is 9.88 Å². The number of nitrogens with two attached hydrogens (primary N) is 1. The number of nitrogens with zero attached hydrogens (tertiary/aromatic N) is 2. The summed E-state index contributed by atoms with van der Waals surface area (Å²) in [6.45, 7) is 2.40. The number of thiazole rings is 1. The molecule has 0 spiro atoms. The Morgan fingerprint density at radius 1 is 1.22 bits per heavy atom. The molecule has 1 saturated carbocycles. The van der Waals surface area contributed by atoms with E-state index in [1.54, 1.807) is 0 Å². The fraction of sp³-hybridized carbons (Fsp3) is 0.786. The molecule has 1 saturated heterocycles. The molecule has 1 unspecified atom stereocenters. The molecule has 0 radical (unpaired) electrons. The van der Waals surface area contributed by atoms with Gasteiger partial charge in [0, 0.05) is 29.8 Å². The minimum atomic E-state index is 0.434. The third kappa shape index (κ3) is 2.60. The monoisotopic (exact) mass is 265 g/mol. The van der Waals surface area contributed by atoms with Gasteiger partial charge in [-0.3, -0.25) is 0 Å². The molecule has 1 aromatic rings. The lowest BCUT2D eigenvalue weighted by molar-refractivity contribution is 0.393. The summed E-state index contributed by atoms with van der Waals surface area (Å²) in [5, 5.41) is 3.67. The van der Waals surface area contributed by atoms with Crippen LogP contribution in [0.2, 0.25) is 0 Å². The number of aromatic nitrogens is 1. The lowest BCUT2D eigenvalue weighted by atomic mass is 9.87. The fourth-order valence-electron chi connectivity index (χ4n) is 3.22. The average Bonchev–Trinajstić information content (AvgIpc) is 2.98. The van der Waals surface area contributed by atoms with E-state index in [1.165, 1.54) is 55.9 Å². The van der Waals surface area contributed by atoms with Crippen LogP contribution in [0.25, 0.3) is 0 Å². The molecule has 2 heterocycles. The standard InChI is InChI=1S/C14H23N3S/c1-17-7-6-11(8-17)13-9-18-14(16-13)10-2-4-12(15)5-3-10/h9-12H,2-8,15H2,1H3. The molecule has 2 aliphatic rings. The van der Waals surface area contributed by atoms with Gasteiger partial charge in [-0.15, -0.1) is 11.3 Å². The molecule has 4 heteroatoms. The van der Waals surface area contributed by atoms with E-state index in [-0.39, 0.29) is 0 Å². The Morgan fingerprint density at radius 2 is 2.00 bits per heavy atom. The maximum Gasteiger partial charge on any atom is 0.0959 e. The predicted octanol–water partition coefficient (Wildman–Crippen LogP) is 2.55. The zero-order valence-corrected chi connectivity index (χ0v) is 12.0. The van der Waals surface area contributed by atoms with Crippen LogP contribution >= 0.6 is 11.3 Å². The van der Waals surface area contributed by atoms with E-state index in [4.69, 9.17) is 10.7 Å². The lowest BCUT2D eigenvalue weighted by Crippen LogP contribution is -2.25. The van der Waals surface area contributed by atoms with E-state index in [2.05, 4.69) is 17.3 Å². The fourth-order valence-corrected chi connectivity index (χ4v) is 4.29. The van der Waals surface area contributed by atoms with Crippen molar-refractivity contribution < 1.29 is 0 Å². The zero-order valence-electron chi connectivity index (χ0n) is 11.1. The van der Waals surface area contributed by atoms with Crippen molar-refractivity contribution >= 4 is 11.3 Å². The van der Waals surface area contributed by atoms with Gasteiger partial charge in [0.15, 0.2) is 0 Å². The van der Waals surface area contributed by atoms with E-state index in [9.17, 15) is 0 Å². The molecule has 1 aromatic heterocycles. The van der Waals surface area contributed by atoms with Crippen molar-refractivity contribution in [1.29, 1.82) is 0 Å². The zero-order chi connectivity index (χ0) is 12.5. The molecule has 1 aliphatic heterocycles. The number of hydrogen-bond donors (Lipinski definition) is 1. The van der Waals surface area contributed by atoms with Crippen molar-refractivity contribution in [3.63, 3.8) is 0 Å². The Morgan fingerprint density at radius 3 is 2.67 bits per heavy atom. The second kappa shape index (κ2) is 5.27.